The Morgan fingerprint density at radius 1 is 1.53 bits per heavy atom. The highest BCUT2D eigenvalue weighted by molar-refractivity contribution is 5.94. The molecule has 0 aliphatic rings. The Kier molecular flexibility index (Phi) is 4.63. The van der Waals surface area contributed by atoms with Crippen LogP contribution >= 0.6 is 0 Å². The fraction of sp³-hybridized carbons (Fsp3) is 0.462. The first kappa shape index (κ1) is 13.6. The number of hydrogen-bond acceptors (Lipinski definition) is 2. The maximum absolute atomic E-state index is 13.8. The first-order chi connectivity index (χ1) is 7.95. The van der Waals surface area contributed by atoms with E-state index >= 15 is 0 Å². The van der Waals surface area contributed by atoms with Gasteiger partial charge in [-0.1, -0.05) is 19.1 Å². The van der Waals surface area contributed by atoms with Crippen molar-refractivity contribution in [3.8, 4) is 0 Å². The molecule has 4 heteroatoms. The van der Waals surface area contributed by atoms with Gasteiger partial charge in [-0.3, -0.25) is 10.3 Å². The predicted molar refractivity (Wildman–Crippen MR) is 68.6 cm³/mol. The molecule has 0 radical (unpaired) electrons. The maximum atomic E-state index is 13.8. The molecule has 1 aromatic carbocycles. The third kappa shape index (κ3) is 3.53. The average molecular weight is 237 g/mol. The van der Waals surface area contributed by atoms with Crippen LogP contribution in [0.25, 0.3) is 0 Å². The highest BCUT2D eigenvalue weighted by atomic mass is 19.1. The van der Waals surface area contributed by atoms with Gasteiger partial charge in [0.25, 0.3) is 0 Å². The molecular formula is C13H20FN3. The highest BCUT2D eigenvalue weighted by Crippen LogP contribution is 2.14. The van der Waals surface area contributed by atoms with Crippen LogP contribution in [-0.2, 0) is 6.54 Å². The van der Waals surface area contributed by atoms with Gasteiger partial charge in [0.15, 0.2) is 0 Å². The van der Waals surface area contributed by atoms with E-state index in [2.05, 4.69) is 18.7 Å². The van der Waals surface area contributed by atoms with Crippen molar-refractivity contribution in [2.45, 2.75) is 32.9 Å². The summed E-state index contributed by atoms with van der Waals surface area (Å²) >= 11 is 0. The molecule has 0 aliphatic carbocycles. The van der Waals surface area contributed by atoms with Gasteiger partial charge in [0.1, 0.15) is 11.7 Å². The van der Waals surface area contributed by atoms with E-state index in [-0.39, 0.29) is 11.7 Å². The minimum absolute atomic E-state index is 0.106. The van der Waals surface area contributed by atoms with Crippen LogP contribution in [0.4, 0.5) is 4.39 Å². The van der Waals surface area contributed by atoms with Crippen molar-refractivity contribution >= 4 is 5.84 Å². The molecule has 1 rings (SSSR count). The molecule has 3 N–H and O–H groups in total. The zero-order valence-corrected chi connectivity index (χ0v) is 10.6. The lowest BCUT2D eigenvalue weighted by atomic mass is 10.1. The molecule has 0 amide bonds. The normalized spacial score (nSPS) is 12.8. The number of nitrogens with two attached hydrogens (primary N) is 1. The van der Waals surface area contributed by atoms with Gasteiger partial charge in [-0.15, -0.1) is 0 Å². The second kappa shape index (κ2) is 5.77. The van der Waals surface area contributed by atoms with E-state index in [4.69, 9.17) is 11.1 Å². The molecule has 1 atom stereocenters. The number of hydrogen-bond donors (Lipinski definition) is 2. The lowest BCUT2D eigenvalue weighted by molar-refractivity contribution is 0.240. The molecule has 0 bridgehead atoms. The Bertz CT molecular complexity index is 404. The van der Waals surface area contributed by atoms with E-state index in [1.54, 1.807) is 12.1 Å². The first-order valence-corrected chi connectivity index (χ1v) is 5.78. The number of amidine groups is 1. The summed E-state index contributed by atoms with van der Waals surface area (Å²) in [7, 11) is 1.98. The van der Waals surface area contributed by atoms with Crippen LogP contribution in [0.15, 0.2) is 18.2 Å². The van der Waals surface area contributed by atoms with E-state index in [0.717, 1.165) is 6.42 Å². The zero-order valence-electron chi connectivity index (χ0n) is 10.6. The average Bonchev–Trinajstić information content (AvgIpc) is 2.30. The summed E-state index contributed by atoms with van der Waals surface area (Å²) in [6.45, 7) is 4.79. The quantitative estimate of drug-likeness (QED) is 0.610. The summed E-state index contributed by atoms with van der Waals surface area (Å²) in [4.78, 5) is 2.10. The Balaban J connectivity index is 2.82. The molecule has 0 heterocycles. The predicted octanol–water partition coefficient (Wildman–Crippen LogP) is 2.34. The monoisotopic (exact) mass is 237 g/mol. The van der Waals surface area contributed by atoms with Gasteiger partial charge in [0.05, 0.1) is 0 Å². The molecule has 94 valence electrons. The van der Waals surface area contributed by atoms with Gasteiger partial charge in [-0.2, -0.15) is 0 Å². The molecular weight excluding hydrogens is 217 g/mol. The lowest BCUT2D eigenvalue weighted by Crippen LogP contribution is -2.28. The van der Waals surface area contributed by atoms with Gasteiger partial charge in [0, 0.05) is 23.7 Å². The third-order valence-corrected chi connectivity index (χ3v) is 3.13. The molecule has 3 nitrogen and oxygen atoms in total. The summed E-state index contributed by atoms with van der Waals surface area (Å²) in [5, 5.41) is 7.24. The summed E-state index contributed by atoms with van der Waals surface area (Å²) in [5.74, 6) is -0.404. The fourth-order valence-corrected chi connectivity index (χ4v) is 1.58. The molecule has 1 unspecified atom stereocenters. The van der Waals surface area contributed by atoms with E-state index < -0.39 is 0 Å². The van der Waals surface area contributed by atoms with Gasteiger partial charge in [0.2, 0.25) is 0 Å². The van der Waals surface area contributed by atoms with Gasteiger partial charge < -0.3 is 5.73 Å². The van der Waals surface area contributed by atoms with Crippen molar-refractivity contribution in [3.63, 3.8) is 0 Å². The summed E-state index contributed by atoms with van der Waals surface area (Å²) in [6.07, 6.45) is 1.03. The number of nitrogens with zero attached hydrogens (tertiary/aromatic N) is 1. The van der Waals surface area contributed by atoms with Crippen molar-refractivity contribution in [1.82, 2.24) is 4.90 Å². The number of nitrogens with one attached hydrogen (secondary N) is 1. The molecule has 0 spiro atoms. The standard InChI is InChI=1S/C13H20FN3/c1-4-9(2)17(3)8-11-6-5-10(13(15)16)7-12(11)14/h5-7,9H,4,8H2,1-3H3,(H3,15,16). The molecule has 1 aromatic rings. The van der Waals surface area contributed by atoms with Gasteiger partial charge in [-0.05, 0) is 26.5 Å². The third-order valence-electron chi connectivity index (χ3n) is 3.13. The number of rotatable bonds is 5. The Morgan fingerprint density at radius 2 is 2.18 bits per heavy atom. The van der Waals surface area contributed by atoms with Gasteiger partial charge >= 0.3 is 0 Å². The molecule has 0 aromatic heterocycles. The molecule has 0 saturated heterocycles. The minimum Gasteiger partial charge on any atom is -0.384 e. The molecule has 0 aliphatic heterocycles. The fourth-order valence-electron chi connectivity index (χ4n) is 1.58. The summed E-state index contributed by atoms with van der Waals surface area (Å²) in [5.41, 5.74) is 6.37. The largest absolute Gasteiger partial charge is 0.384 e. The summed E-state index contributed by atoms with van der Waals surface area (Å²) in [6, 6.07) is 5.13. The molecule has 17 heavy (non-hydrogen) atoms. The SMILES string of the molecule is CCC(C)N(C)Cc1ccc(C(=N)N)cc1F. The summed E-state index contributed by atoms with van der Waals surface area (Å²) < 4.78 is 13.8. The topological polar surface area (TPSA) is 53.1 Å². The Morgan fingerprint density at radius 3 is 2.65 bits per heavy atom. The molecule has 0 saturated carbocycles. The van der Waals surface area contributed by atoms with Crippen molar-refractivity contribution in [1.29, 1.82) is 5.41 Å². The van der Waals surface area contributed by atoms with E-state index in [0.29, 0.717) is 23.7 Å². The van der Waals surface area contributed by atoms with Crippen LogP contribution in [0.1, 0.15) is 31.4 Å². The second-order valence-electron chi connectivity index (χ2n) is 4.39. The van der Waals surface area contributed by atoms with Crippen LogP contribution < -0.4 is 5.73 Å². The van der Waals surface area contributed by atoms with Crippen LogP contribution in [0.5, 0.6) is 0 Å². The van der Waals surface area contributed by atoms with E-state index in [9.17, 15) is 4.39 Å². The number of benzene rings is 1. The highest BCUT2D eigenvalue weighted by Gasteiger charge is 2.11. The molecule has 0 fully saturated rings. The van der Waals surface area contributed by atoms with Crippen molar-refractivity contribution in [2.24, 2.45) is 5.73 Å². The Hall–Kier alpha value is -1.42. The number of nitrogen functional groups attached to an aromatic ring is 1. The van der Waals surface area contributed by atoms with Crippen molar-refractivity contribution < 1.29 is 4.39 Å². The maximum Gasteiger partial charge on any atom is 0.128 e. The van der Waals surface area contributed by atoms with E-state index in [1.807, 2.05) is 7.05 Å². The van der Waals surface area contributed by atoms with Gasteiger partial charge in [-0.25, -0.2) is 4.39 Å². The second-order valence-corrected chi connectivity index (χ2v) is 4.39. The van der Waals surface area contributed by atoms with Crippen LogP contribution in [-0.4, -0.2) is 23.8 Å². The smallest absolute Gasteiger partial charge is 0.128 e. The van der Waals surface area contributed by atoms with Crippen molar-refractivity contribution in [2.75, 3.05) is 7.05 Å². The van der Waals surface area contributed by atoms with Crippen LogP contribution in [0.3, 0.4) is 0 Å². The number of halogens is 1. The minimum atomic E-state index is -0.298. The van der Waals surface area contributed by atoms with E-state index in [1.165, 1.54) is 6.07 Å². The van der Waals surface area contributed by atoms with Crippen molar-refractivity contribution in [3.05, 3.63) is 35.1 Å². The van der Waals surface area contributed by atoms with Crippen LogP contribution in [0.2, 0.25) is 0 Å². The zero-order chi connectivity index (χ0) is 13.0. The van der Waals surface area contributed by atoms with Crippen LogP contribution in [0, 0.1) is 11.2 Å². The first-order valence-electron chi connectivity index (χ1n) is 5.78. The Labute approximate surface area is 102 Å². The lowest BCUT2D eigenvalue weighted by Gasteiger charge is -2.23.